The van der Waals surface area contributed by atoms with Crippen LogP contribution in [0, 0.1) is 5.82 Å². The summed E-state index contributed by atoms with van der Waals surface area (Å²) in [5.41, 5.74) is 0.341. The minimum absolute atomic E-state index is 0.196. The lowest BCUT2D eigenvalue weighted by atomic mass is 10.1. The number of rotatable bonds is 4. The molecule has 2 N–H and O–H groups in total. The summed E-state index contributed by atoms with van der Waals surface area (Å²) in [5, 5.41) is 11.9. The molecule has 0 aromatic heterocycles. The van der Waals surface area contributed by atoms with Crippen molar-refractivity contribution in [3.05, 3.63) is 29.6 Å². The molecule has 98 valence electrons. The van der Waals surface area contributed by atoms with E-state index in [9.17, 15) is 9.18 Å². The minimum atomic E-state index is -1.24. The van der Waals surface area contributed by atoms with Crippen LogP contribution in [-0.4, -0.2) is 28.1 Å². The van der Waals surface area contributed by atoms with E-state index in [2.05, 4.69) is 12.2 Å². The van der Waals surface area contributed by atoms with Gasteiger partial charge in [0, 0.05) is 17.0 Å². The highest BCUT2D eigenvalue weighted by Crippen LogP contribution is 2.37. The molecule has 1 aliphatic heterocycles. The number of hydrogen-bond donors (Lipinski definition) is 2. The van der Waals surface area contributed by atoms with Crippen molar-refractivity contribution in [2.75, 3.05) is 17.6 Å². The molecular weight excluding hydrogens is 253 g/mol. The Morgan fingerprint density at radius 1 is 1.61 bits per heavy atom. The molecule has 2 rings (SSSR count). The quantitative estimate of drug-likeness (QED) is 0.881. The number of aromatic carboxylic acids is 1. The average molecular weight is 269 g/mol. The van der Waals surface area contributed by atoms with Gasteiger partial charge in [-0.25, -0.2) is 9.18 Å². The maximum absolute atomic E-state index is 13.5. The SMILES string of the molecule is CC1(CNc2ccc(C(=O)O)c(F)c2)CCCS1. The van der Waals surface area contributed by atoms with E-state index in [1.54, 1.807) is 6.07 Å². The topological polar surface area (TPSA) is 49.3 Å². The zero-order chi connectivity index (χ0) is 13.2. The van der Waals surface area contributed by atoms with Crippen molar-refractivity contribution in [3.63, 3.8) is 0 Å². The maximum atomic E-state index is 13.5. The van der Waals surface area contributed by atoms with Crippen LogP contribution in [0.2, 0.25) is 0 Å². The highest BCUT2D eigenvalue weighted by Gasteiger charge is 2.29. The van der Waals surface area contributed by atoms with E-state index in [1.165, 1.54) is 24.3 Å². The van der Waals surface area contributed by atoms with Gasteiger partial charge in [0.05, 0.1) is 5.56 Å². The number of carboxylic acid groups (broad SMARTS) is 1. The predicted octanol–water partition coefficient (Wildman–Crippen LogP) is 3.22. The summed E-state index contributed by atoms with van der Waals surface area (Å²) in [4.78, 5) is 10.7. The van der Waals surface area contributed by atoms with E-state index >= 15 is 0 Å². The van der Waals surface area contributed by atoms with Crippen molar-refractivity contribution in [2.24, 2.45) is 0 Å². The Labute approximate surface area is 110 Å². The Bertz CT molecular complexity index is 458. The van der Waals surface area contributed by atoms with Gasteiger partial charge in [0.2, 0.25) is 0 Å². The van der Waals surface area contributed by atoms with Gasteiger partial charge in [-0.1, -0.05) is 0 Å². The molecule has 1 aliphatic rings. The van der Waals surface area contributed by atoms with Crippen LogP contribution < -0.4 is 5.32 Å². The Morgan fingerprint density at radius 3 is 2.94 bits per heavy atom. The normalized spacial score (nSPS) is 23.0. The van der Waals surface area contributed by atoms with Gasteiger partial charge in [-0.15, -0.1) is 0 Å². The van der Waals surface area contributed by atoms with Gasteiger partial charge in [-0.2, -0.15) is 11.8 Å². The largest absolute Gasteiger partial charge is 0.478 e. The molecule has 1 aromatic rings. The number of halogens is 1. The van der Waals surface area contributed by atoms with Crippen molar-refractivity contribution < 1.29 is 14.3 Å². The summed E-state index contributed by atoms with van der Waals surface area (Å²) in [5.74, 6) is -0.765. The van der Waals surface area contributed by atoms with Crippen LogP contribution in [0.4, 0.5) is 10.1 Å². The van der Waals surface area contributed by atoms with Crippen LogP contribution in [0.15, 0.2) is 18.2 Å². The van der Waals surface area contributed by atoms with Gasteiger partial charge in [0.15, 0.2) is 0 Å². The zero-order valence-electron chi connectivity index (χ0n) is 10.2. The Kier molecular flexibility index (Phi) is 3.80. The second-order valence-corrected chi connectivity index (χ2v) is 6.44. The third-order valence-electron chi connectivity index (χ3n) is 3.17. The molecule has 0 amide bonds. The molecule has 5 heteroatoms. The third-order valence-corrected chi connectivity index (χ3v) is 4.70. The fourth-order valence-corrected chi connectivity index (χ4v) is 3.31. The van der Waals surface area contributed by atoms with Crippen LogP contribution in [0.1, 0.15) is 30.1 Å². The molecule has 3 nitrogen and oxygen atoms in total. The molecule has 18 heavy (non-hydrogen) atoms. The van der Waals surface area contributed by atoms with E-state index in [4.69, 9.17) is 5.11 Å². The van der Waals surface area contributed by atoms with E-state index < -0.39 is 11.8 Å². The van der Waals surface area contributed by atoms with Gasteiger partial charge in [-0.05, 0) is 43.7 Å². The molecule has 1 saturated heterocycles. The van der Waals surface area contributed by atoms with Crippen molar-refractivity contribution in [3.8, 4) is 0 Å². The summed E-state index contributed by atoms with van der Waals surface area (Å²) < 4.78 is 13.7. The molecular formula is C13H16FNO2S. The van der Waals surface area contributed by atoms with Crippen molar-refractivity contribution in [1.82, 2.24) is 0 Å². The second kappa shape index (κ2) is 5.18. The highest BCUT2D eigenvalue weighted by molar-refractivity contribution is 8.00. The molecule has 1 atom stereocenters. The van der Waals surface area contributed by atoms with E-state index in [-0.39, 0.29) is 10.3 Å². The smallest absolute Gasteiger partial charge is 0.338 e. The number of nitrogens with one attached hydrogen (secondary N) is 1. The number of carbonyl (C=O) groups is 1. The fourth-order valence-electron chi connectivity index (χ4n) is 2.06. The molecule has 0 aliphatic carbocycles. The standard InChI is InChI=1S/C13H16FNO2S/c1-13(5-2-6-18-13)8-15-9-3-4-10(12(16)17)11(14)7-9/h3-4,7,15H,2,5-6,8H2,1H3,(H,16,17). The first kappa shape index (κ1) is 13.2. The highest BCUT2D eigenvalue weighted by atomic mass is 32.2. The summed E-state index contributed by atoms with van der Waals surface area (Å²) in [7, 11) is 0. The zero-order valence-corrected chi connectivity index (χ0v) is 11.0. The first-order chi connectivity index (χ1) is 8.50. The summed E-state index contributed by atoms with van der Waals surface area (Å²) in [6.07, 6.45) is 2.37. The number of carboxylic acids is 1. The molecule has 1 aromatic carbocycles. The molecule has 1 unspecified atom stereocenters. The van der Waals surface area contributed by atoms with Gasteiger partial charge in [0.1, 0.15) is 5.82 Å². The van der Waals surface area contributed by atoms with E-state index in [0.29, 0.717) is 5.69 Å². The van der Waals surface area contributed by atoms with Crippen LogP contribution in [0.3, 0.4) is 0 Å². The lowest BCUT2D eigenvalue weighted by molar-refractivity contribution is 0.0692. The lowest BCUT2D eigenvalue weighted by Gasteiger charge is -2.23. The van der Waals surface area contributed by atoms with E-state index in [0.717, 1.165) is 13.0 Å². The summed E-state index contributed by atoms with van der Waals surface area (Å²) >= 11 is 1.93. The molecule has 0 saturated carbocycles. The van der Waals surface area contributed by atoms with Crippen LogP contribution in [0.25, 0.3) is 0 Å². The minimum Gasteiger partial charge on any atom is -0.478 e. The first-order valence-electron chi connectivity index (χ1n) is 5.91. The van der Waals surface area contributed by atoms with Gasteiger partial charge >= 0.3 is 5.97 Å². The Morgan fingerprint density at radius 2 is 2.39 bits per heavy atom. The Balaban J connectivity index is 2.02. The van der Waals surface area contributed by atoms with Crippen molar-refractivity contribution >= 4 is 23.4 Å². The summed E-state index contributed by atoms with van der Waals surface area (Å²) in [6.45, 7) is 2.96. The summed E-state index contributed by atoms with van der Waals surface area (Å²) in [6, 6.07) is 4.14. The number of anilines is 1. The molecule has 0 bridgehead atoms. The molecule has 0 radical (unpaired) electrons. The Hall–Kier alpha value is -1.23. The molecule has 1 heterocycles. The monoisotopic (exact) mass is 269 g/mol. The number of benzene rings is 1. The van der Waals surface area contributed by atoms with Crippen molar-refractivity contribution in [2.45, 2.75) is 24.5 Å². The first-order valence-corrected chi connectivity index (χ1v) is 6.89. The number of thioether (sulfide) groups is 1. The average Bonchev–Trinajstić information content (AvgIpc) is 2.74. The van der Waals surface area contributed by atoms with Gasteiger partial charge in [0.25, 0.3) is 0 Å². The lowest BCUT2D eigenvalue weighted by Crippen LogP contribution is -2.27. The number of hydrogen-bond acceptors (Lipinski definition) is 3. The fraction of sp³-hybridized carbons (Fsp3) is 0.462. The van der Waals surface area contributed by atoms with Crippen molar-refractivity contribution in [1.29, 1.82) is 0 Å². The van der Waals surface area contributed by atoms with Gasteiger partial charge < -0.3 is 10.4 Å². The van der Waals surface area contributed by atoms with Crippen LogP contribution in [-0.2, 0) is 0 Å². The van der Waals surface area contributed by atoms with Gasteiger partial charge in [-0.3, -0.25) is 0 Å². The molecule has 0 spiro atoms. The maximum Gasteiger partial charge on any atom is 0.338 e. The van der Waals surface area contributed by atoms with E-state index in [1.807, 2.05) is 11.8 Å². The predicted molar refractivity (Wildman–Crippen MR) is 71.9 cm³/mol. The molecule has 1 fully saturated rings. The second-order valence-electron chi connectivity index (χ2n) is 4.76. The third kappa shape index (κ3) is 2.96. The van der Waals surface area contributed by atoms with Crippen LogP contribution in [0.5, 0.6) is 0 Å². The van der Waals surface area contributed by atoms with Crippen LogP contribution >= 0.6 is 11.8 Å².